The first-order chi connectivity index (χ1) is 8.06. The number of likely N-dealkylation sites (N-methyl/N-ethyl adjacent to an activating group) is 2. The zero-order chi connectivity index (χ0) is 12.8. The van der Waals surface area contributed by atoms with Crippen molar-refractivity contribution < 1.29 is 9.59 Å². The van der Waals surface area contributed by atoms with E-state index >= 15 is 0 Å². The summed E-state index contributed by atoms with van der Waals surface area (Å²) < 4.78 is 0. The first kappa shape index (κ1) is 14.0. The lowest BCUT2D eigenvalue weighted by Crippen LogP contribution is -2.51. The van der Waals surface area contributed by atoms with Crippen molar-refractivity contribution in [1.82, 2.24) is 14.7 Å². The average molecular weight is 241 g/mol. The third-order valence-corrected chi connectivity index (χ3v) is 3.17. The molecule has 17 heavy (non-hydrogen) atoms. The molecule has 1 fully saturated rings. The molecule has 1 saturated heterocycles. The molecule has 1 aliphatic heterocycles. The highest BCUT2D eigenvalue weighted by molar-refractivity contribution is 6.34. The van der Waals surface area contributed by atoms with E-state index in [1.807, 2.05) is 7.05 Å². The van der Waals surface area contributed by atoms with E-state index in [-0.39, 0.29) is 11.8 Å². The number of carbonyl (C=O) groups is 2. The van der Waals surface area contributed by atoms with Gasteiger partial charge in [-0.1, -0.05) is 13.3 Å². The monoisotopic (exact) mass is 241 g/mol. The summed E-state index contributed by atoms with van der Waals surface area (Å²) in [6.07, 6.45) is 1.97. The normalized spacial score (nSPS) is 17.0. The van der Waals surface area contributed by atoms with E-state index in [1.54, 1.807) is 11.9 Å². The predicted octanol–water partition coefficient (Wildman–Crippen LogP) is 0.0189. The van der Waals surface area contributed by atoms with Crippen molar-refractivity contribution in [3.05, 3.63) is 0 Å². The zero-order valence-corrected chi connectivity index (χ0v) is 11.1. The van der Waals surface area contributed by atoms with E-state index in [0.29, 0.717) is 19.6 Å². The second-order valence-electron chi connectivity index (χ2n) is 4.68. The number of hydrogen-bond acceptors (Lipinski definition) is 3. The molecule has 0 atom stereocenters. The predicted molar refractivity (Wildman–Crippen MR) is 66.6 cm³/mol. The highest BCUT2D eigenvalue weighted by Crippen LogP contribution is 2.02. The van der Waals surface area contributed by atoms with Crippen molar-refractivity contribution in [2.24, 2.45) is 0 Å². The van der Waals surface area contributed by atoms with Crippen molar-refractivity contribution in [2.45, 2.75) is 19.8 Å². The maximum Gasteiger partial charge on any atom is 0.312 e. The van der Waals surface area contributed by atoms with Crippen LogP contribution in [0.15, 0.2) is 0 Å². The second kappa shape index (κ2) is 6.59. The fourth-order valence-corrected chi connectivity index (χ4v) is 1.80. The van der Waals surface area contributed by atoms with E-state index in [2.05, 4.69) is 11.8 Å². The van der Waals surface area contributed by atoms with Crippen molar-refractivity contribution >= 4 is 11.8 Å². The molecule has 98 valence electrons. The van der Waals surface area contributed by atoms with Gasteiger partial charge in [-0.15, -0.1) is 0 Å². The number of unbranched alkanes of at least 4 members (excludes halogenated alkanes) is 1. The number of carbonyl (C=O) groups excluding carboxylic acids is 2. The molecule has 5 heteroatoms. The van der Waals surface area contributed by atoms with E-state index in [1.165, 1.54) is 4.90 Å². The van der Waals surface area contributed by atoms with Gasteiger partial charge in [0, 0.05) is 39.8 Å². The van der Waals surface area contributed by atoms with Crippen LogP contribution in [0.4, 0.5) is 0 Å². The van der Waals surface area contributed by atoms with E-state index in [4.69, 9.17) is 0 Å². The molecule has 5 nitrogen and oxygen atoms in total. The fraction of sp³-hybridized carbons (Fsp3) is 0.833. The van der Waals surface area contributed by atoms with Gasteiger partial charge < -0.3 is 14.7 Å². The number of hydrogen-bond donors (Lipinski definition) is 0. The Morgan fingerprint density at radius 2 is 1.76 bits per heavy atom. The molecule has 1 heterocycles. The minimum Gasteiger partial charge on any atom is -0.338 e. The quantitative estimate of drug-likeness (QED) is 0.654. The Balaban J connectivity index is 2.43. The van der Waals surface area contributed by atoms with Gasteiger partial charge in [0.05, 0.1) is 0 Å². The summed E-state index contributed by atoms with van der Waals surface area (Å²) in [4.78, 5) is 29.1. The van der Waals surface area contributed by atoms with Gasteiger partial charge in [0.25, 0.3) is 0 Å². The largest absolute Gasteiger partial charge is 0.338 e. The smallest absolute Gasteiger partial charge is 0.312 e. The van der Waals surface area contributed by atoms with Crippen molar-refractivity contribution in [2.75, 3.05) is 46.8 Å². The summed E-state index contributed by atoms with van der Waals surface area (Å²) in [5.41, 5.74) is 0. The van der Waals surface area contributed by atoms with Gasteiger partial charge in [-0.2, -0.15) is 0 Å². The Morgan fingerprint density at radius 1 is 1.18 bits per heavy atom. The molecule has 1 aliphatic rings. The van der Waals surface area contributed by atoms with Crippen LogP contribution in [-0.4, -0.2) is 73.3 Å². The molecule has 0 saturated carbocycles. The van der Waals surface area contributed by atoms with Crippen LogP contribution in [0.1, 0.15) is 19.8 Å². The zero-order valence-electron chi connectivity index (χ0n) is 11.1. The van der Waals surface area contributed by atoms with Crippen molar-refractivity contribution in [3.8, 4) is 0 Å². The lowest BCUT2D eigenvalue weighted by atomic mass is 10.3. The standard InChI is InChI=1S/C12H23N3O2/c1-4-5-6-14(3)11(16)12(17)15-9-7-13(2)8-10-15/h4-10H2,1-3H3. The molecule has 0 aliphatic carbocycles. The molecule has 0 aromatic heterocycles. The summed E-state index contributed by atoms with van der Waals surface area (Å²) in [5, 5.41) is 0. The molecule has 0 spiro atoms. The first-order valence-electron chi connectivity index (χ1n) is 6.29. The molecule has 0 aromatic rings. The number of rotatable bonds is 3. The third-order valence-electron chi connectivity index (χ3n) is 3.17. The number of nitrogens with zero attached hydrogens (tertiary/aromatic N) is 3. The lowest BCUT2D eigenvalue weighted by Gasteiger charge is -2.32. The topological polar surface area (TPSA) is 43.9 Å². The second-order valence-corrected chi connectivity index (χ2v) is 4.68. The fourth-order valence-electron chi connectivity index (χ4n) is 1.80. The van der Waals surface area contributed by atoms with Gasteiger partial charge in [0.2, 0.25) is 0 Å². The highest BCUT2D eigenvalue weighted by Gasteiger charge is 2.26. The van der Waals surface area contributed by atoms with Gasteiger partial charge in [-0.25, -0.2) is 0 Å². The van der Waals surface area contributed by atoms with Gasteiger partial charge in [-0.05, 0) is 13.5 Å². The van der Waals surface area contributed by atoms with E-state index < -0.39 is 0 Å². The number of piperazine rings is 1. The summed E-state index contributed by atoms with van der Waals surface area (Å²) in [6.45, 7) is 5.73. The van der Waals surface area contributed by atoms with Crippen LogP contribution in [0.2, 0.25) is 0 Å². The number of amides is 2. The maximum absolute atomic E-state index is 11.9. The van der Waals surface area contributed by atoms with Gasteiger partial charge in [0.1, 0.15) is 0 Å². The molecule has 0 unspecified atom stereocenters. The van der Waals surface area contributed by atoms with Gasteiger partial charge in [-0.3, -0.25) is 9.59 Å². The summed E-state index contributed by atoms with van der Waals surface area (Å²) >= 11 is 0. The average Bonchev–Trinajstić information content (AvgIpc) is 2.35. The molecule has 0 aromatic carbocycles. The van der Waals surface area contributed by atoms with Crippen molar-refractivity contribution in [3.63, 3.8) is 0 Å². The summed E-state index contributed by atoms with van der Waals surface area (Å²) in [5.74, 6) is -0.722. The van der Waals surface area contributed by atoms with Gasteiger partial charge >= 0.3 is 11.8 Å². The summed E-state index contributed by atoms with van der Waals surface area (Å²) in [7, 11) is 3.73. The Morgan fingerprint density at radius 3 is 2.29 bits per heavy atom. The van der Waals surface area contributed by atoms with Gasteiger partial charge in [0.15, 0.2) is 0 Å². The Labute approximate surface area is 103 Å². The highest BCUT2D eigenvalue weighted by atomic mass is 16.2. The molecule has 2 amide bonds. The van der Waals surface area contributed by atoms with Crippen LogP contribution >= 0.6 is 0 Å². The van der Waals surface area contributed by atoms with Crippen LogP contribution in [0.5, 0.6) is 0 Å². The Kier molecular flexibility index (Phi) is 5.41. The SMILES string of the molecule is CCCCN(C)C(=O)C(=O)N1CCN(C)CC1. The molecule has 0 bridgehead atoms. The van der Waals surface area contributed by atoms with Crippen LogP contribution in [0.3, 0.4) is 0 Å². The van der Waals surface area contributed by atoms with E-state index in [9.17, 15) is 9.59 Å². The molecule has 0 N–H and O–H groups in total. The Hall–Kier alpha value is -1.10. The maximum atomic E-state index is 11.9. The van der Waals surface area contributed by atoms with Crippen LogP contribution < -0.4 is 0 Å². The van der Waals surface area contributed by atoms with Crippen LogP contribution in [0, 0.1) is 0 Å². The molecule has 1 rings (SSSR count). The third kappa shape index (κ3) is 4.00. The Bertz CT molecular complexity index is 273. The molecular weight excluding hydrogens is 218 g/mol. The summed E-state index contributed by atoms with van der Waals surface area (Å²) in [6, 6.07) is 0. The van der Waals surface area contributed by atoms with Crippen LogP contribution in [-0.2, 0) is 9.59 Å². The molecular formula is C12H23N3O2. The first-order valence-corrected chi connectivity index (χ1v) is 6.29. The lowest BCUT2D eigenvalue weighted by molar-refractivity contribution is -0.152. The molecule has 0 radical (unpaired) electrons. The minimum absolute atomic E-state index is 0.350. The van der Waals surface area contributed by atoms with Crippen LogP contribution in [0.25, 0.3) is 0 Å². The van der Waals surface area contributed by atoms with Crippen molar-refractivity contribution in [1.29, 1.82) is 0 Å². The minimum atomic E-state index is -0.372. The van der Waals surface area contributed by atoms with E-state index in [0.717, 1.165) is 25.9 Å².